The summed E-state index contributed by atoms with van der Waals surface area (Å²) in [6, 6.07) is 0. The summed E-state index contributed by atoms with van der Waals surface area (Å²) >= 11 is 0. The van der Waals surface area contributed by atoms with Crippen LogP contribution in [0.3, 0.4) is 0 Å². The molecule has 1 aliphatic heterocycles. The van der Waals surface area contributed by atoms with Crippen molar-refractivity contribution in [2.24, 2.45) is 11.1 Å². The second-order valence-electron chi connectivity index (χ2n) is 5.78. The molecule has 1 saturated heterocycles. The van der Waals surface area contributed by atoms with Gasteiger partial charge in [0.15, 0.2) is 0 Å². The second-order valence-corrected chi connectivity index (χ2v) is 5.78. The van der Waals surface area contributed by atoms with Crippen LogP contribution in [0.15, 0.2) is 0 Å². The van der Waals surface area contributed by atoms with Crippen molar-refractivity contribution in [1.29, 1.82) is 0 Å². The van der Waals surface area contributed by atoms with Gasteiger partial charge < -0.3 is 15.4 Å². The standard InChI is InChI=1S/C14H28N2O2.ClH/c1-4-6-14(2)7-5-8-16(11-14)13(17)9-12(10-15)18-3;/h12H,4-11,15H2,1-3H3;1H. The van der Waals surface area contributed by atoms with Gasteiger partial charge in [-0.1, -0.05) is 20.3 Å². The molecule has 0 aromatic carbocycles. The summed E-state index contributed by atoms with van der Waals surface area (Å²) in [4.78, 5) is 14.2. The number of likely N-dealkylation sites (tertiary alicyclic amines) is 1. The number of hydrogen-bond acceptors (Lipinski definition) is 3. The minimum atomic E-state index is -0.142. The van der Waals surface area contributed by atoms with Crippen LogP contribution in [-0.2, 0) is 9.53 Å². The van der Waals surface area contributed by atoms with Crippen LogP contribution in [-0.4, -0.2) is 43.7 Å². The molecule has 114 valence electrons. The first kappa shape index (κ1) is 18.7. The number of carbonyl (C=O) groups excluding carboxylic acids is 1. The Hall–Kier alpha value is -0.320. The number of carbonyl (C=O) groups is 1. The lowest BCUT2D eigenvalue weighted by molar-refractivity contribution is -0.137. The molecule has 0 radical (unpaired) electrons. The molecular weight excluding hydrogens is 264 g/mol. The first-order chi connectivity index (χ1) is 8.54. The van der Waals surface area contributed by atoms with E-state index in [4.69, 9.17) is 10.5 Å². The maximum atomic E-state index is 12.2. The molecule has 0 bridgehead atoms. The number of amides is 1. The Morgan fingerprint density at radius 3 is 2.74 bits per heavy atom. The first-order valence-corrected chi connectivity index (χ1v) is 7.05. The van der Waals surface area contributed by atoms with Crippen LogP contribution in [0.5, 0.6) is 0 Å². The third-order valence-electron chi connectivity index (χ3n) is 3.99. The lowest BCUT2D eigenvalue weighted by Crippen LogP contribution is -2.46. The van der Waals surface area contributed by atoms with Gasteiger partial charge in [-0.15, -0.1) is 12.4 Å². The van der Waals surface area contributed by atoms with E-state index in [0.29, 0.717) is 18.4 Å². The van der Waals surface area contributed by atoms with E-state index in [9.17, 15) is 4.79 Å². The Balaban J connectivity index is 0.00000324. The fraction of sp³-hybridized carbons (Fsp3) is 0.929. The minimum absolute atomic E-state index is 0. The number of nitrogens with zero attached hydrogens (tertiary/aromatic N) is 1. The summed E-state index contributed by atoms with van der Waals surface area (Å²) in [7, 11) is 1.61. The normalized spacial score (nSPS) is 24.7. The minimum Gasteiger partial charge on any atom is -0.380 e. The molecular formula is C14H29ClN2O2. The SMILES string of the molecule is CCCC1(C)CCCN(C(=O)CC(CN)OC)C1.Cl. The van der Waals surface area contributed by atoms with E-state index in [1.54, 1.807) is 7.11 Å². The number of ether oxygens (including phenoxy) is 1. The van der Waals surface area contributed by atoms with E-state index in [-0.39, 0.29) is 24.4 Å². The fourth-order valence-electron chi connectivity index (χ4n) is 2.92. The maximum absolute atomic E-state index is 12.2. The van der Waals surface area contributed by atoms with Crippen molar-refractivity contribution < 1.29 is 9.53 Å². The molecule has 2 atom stereocenters. The van der Waals surface area contributed by atoms with Crippen molar-refractivity contribution in [1.82, 2.24) is 4.90 Å². The van der Waals surface area contributed by atoms with Crippen LogP contribution in [0.1, 0.15) is 46.0 Å². The van der Waals surface area contributed by atoms with Crippen LogP contribution >= 0.6 is 12.4 Å². The summed E-state index contributed by atoms with van der Waals surface area (Å²) in [5.41, 5.74) is 5.87. The molecule has 0 aromatic rings. The molecule has 2 unspecified atom stereocenters. The molecule has 0 aromatic heterocycles. The maximum Gasteiger partial charge on any atom is 0.225 e. The first-order valence-electron chi connectivity index (χ1n) is 7.05. The van der Waals surface area contributed by atoms with Gasteiger partial charge in [0.25, 0.3) is 0 Å². The Labute approximate surface area is 123 Å². The average molecular weight is 293 g/mol. The lowest BCUT2D eigenvalue weighted by Gasteiger charge is -2.41. The molecule has 19 heavy (non-hydrogen) atoms. The van der Waals surface area contributed by atoms with Gasteiger partial charge in [-0.05, 0) is 24.7 Å². The number of halogens is 1. The molecule has 1 aliphatic rings. The molecule has 0 saturated carbocycles. The molecule has 1 amide bonds. The molecule has 2 N–H and O–H groups in total. The van der Waals surface area contributed by atoms with Crippen LogP contribution < -0.4 is 5.73 Å². The average Bonchev–Trinajstić information content (AvgIpc) is 2.35. The topological polar surface area (TPSA) is 55.6 Å². The molecule has 1 fully saturated rings. The van der Waals surface area contributed by atoms with E-state index >= 15 is 0 Å². The van der Waals surface area contributed by atoms with Crippen molar-refractivity contribution in [3.8, 4) is 0 Å². The summed E-state index contributed by atoms with van der Waals surface area (Å²) in [5.74, 6) is 0.189. The summed E-state index contributed by atoms with van der Waals surface area (Å²) in [6.07, 6.45) is 4.99. The van der Waals surface area contributed by atoms with E-state index < -0.39 is 0 Å². The monoisotopic (exact) mass is 292 g/mol. The van der Waals surface area contributed by atoms with Crippen molar-refractivity contribution in [2.45, 2.75) is 52.1 Å². The van der Waals surface area contributed by atoms with Crippen LogP contribution in [0.2, 0.25) is 0 Å². The van der Waals surface area contributed by atoms with Gasteiger partial charge in [-0.3, -0.25) is 4.79 Å². The van der Waals surface area contributed by atoms with Gasteiger partial charge in [-0.25, -0.2) is 0 Å². The quantitative estimate of drug-likeness (QED) is 0.816. The van der Waals surface area contributed by atoms with Gasteiger partial charge in [0.1, 0.15) is 0 Å². The number of nitrogens with two attached hydrogens (primary N) is 1. The zero-order valence-electron chi connectivity index (χ0n) is 12.5. The largest absolute Gasteiger partial charge is 0.380 e. The summed E-state index contributed by atoms with van der Waals surface area (Å²) in [6.45, 7) is 6.69. The van der Waals surface area contributed by atoms with Gasteiger partial charge in [0.2, 0.25) is 5.91 Å². The van der Waals surface area contributed by atoms with E-state index in [0.717, 1.165) is 19.5 Å². The molecule has 1 heterocycles. The van der Waals surface area contributed by atoms with Gasteiger partial charge in [0.05, 0.1) is 12.5 Å². The third-order valence-corrected chi connectivity index (χ3v) is 3.99. The van der Waals surface area contributed by atoms with Crippen molar-refractivity contribution in [3.05, 3.63) is 0 Å². The van der Waals surface area contributed by atoms with Gasteiger partial charge >= 0.3 is 0 Å². The highest BCUT2D eigenvalue weighted by Gasteiger charge is 2.32. The number of hydrogen-bond donors (Lipinski definition) is 1. The number of piperidine rings is 1. The molecule has 0 spiro atoms. The molecule has 5 heteroatoms. The predicted molar refractivity (Wildman–Crippen MR) is 80.5 cm³/mol. The Morgan fingerprint density at radius 1 is 1.53 bits per heavy atom. The molecule has 0 aliphatic carbocycles. The Bertz CT molecular complexity index is 268. The Morgan fingerprint density at radius 2 is 2.21 bits per heavy atom. The van der Waals surface area contributed by atoms with E-state index in [1.165, 1.54) is 19.3 Å². The fourth-order valence-corrected chi connectivity index (χ4v) is 2.92. The summed E-state index contributed by atoms with van der Waals surface area (Å²) in [5, 5.41) is 0. The number of rotatable bonds is 6. The molecule has 1 rings (SSSR count). The predicted octanol–water partition coefficient (Wildman–Crippen LogP) is 2.20. The number of methoxy groups -OCH3 is 1. The lowest BCUT2D eigenvalue weighted by atomic mass is 9.78. The third kappa shape index (κ3) is 5.67. The highest BCUT2D eigenvalue weighted by Crippen LogP contribution is 2.34. The highest BCUT2D eigenvalue weighted by atomic mass is 35.5. The van der Waals surface area contributed by atoms with Crippen molar-refractivity contribution in [2.75, 3.05) is 26.7 Å². The van der Waals surface area contributed by atoms with Crippen LogP contribution in [0.25, 0.3) is 0 Å². The van der Waals surface area contributed by atoms with Gasteiger partial charge in [0, 0.05) is 26.7 Å². The van der Waals surface area contributed by atoms with E-state index in [1.807, 2.05) is 4.90 Å². The van der Waals surface area contributed by atoms with Crippen LogP contribution in [0, 0.1) is 5.41 Å². The van der Waals surface area contributed by atoms with Crippen molar-refractivity contribution in [3.63, 3.8) is 0 Å². The smallest absolute Gasteiger partial charge is 0.225 e. The van der Waals surface area contributed by atoms with Crippen LogP contribution in [0.4, 0.5) is 0 Å². The van der Waals surface area contributed by atoms with E-state index in [2.05, 4.69) is 13.8 Å². The second kappa shape index (κ2) is 8.77. The van der Waals surface area contributed by atoms with Crippen molar-refractivity contribution >= 4 is 18.3 Å². The Kier molecular flexibility index (Phi) is 8.62. The highest BCUT2D eigenvalue weighted by molar-refractivity contribution is 5.85. The zero-order valence-corrected chi connectivity index (χ0v) is 13.3. The van der Waals surface area contributed by atoms with Gasteiger partial charge in [-0.2, -0.15) is 0 Å². The summed E-state index contributed by atoms with van der Waals surface area (Å²) < 4.78 is 5.19. The zero-order chi connectivity index (χ0) is 13.6. The molecule has 4 nitrogen and oxygen atoms in total.